The van der Waals surface area contributed by atoms with E-state index in [-0.39, 0.29) is 24.0 Å². The van der Waals surface area contributed by atoms with E-state index >= 15 is 0 Å². The van der Waals surface area contributed by atoms with Crippen LogP contribution in [0.2, 0.25) is 0 Å². The molecule has 7 nitrogen and oxygen atoms in total. The van der Waals surface area contributed by atoms with E-state index in [0.29, 0.717) is 17.2 Å². The van der Waals surface area contributed by atoms with Crippen LogP contribution in [0.1, 0.15) is 5.76 Å². The fraction of sp³-hybridized carbons (Fsp3) is 0.154. The summed E-state index contributed by atoms with van der Waals surface area (Å²) >= 11 is 0. The van der Waals surface area contributed by atoms with Gasteiger partial charge in [0.05, 0.1) is 23.4 Å². The normalized spacial score (nSPS) is 14.2. The Kier molecular flexibility index (Phi) is 3.40. The Bertz CT molecular complexity index is 768. The lowest BCUT2D eigenvalue weighted by molar-refractivity contribution is -0.118. The summed E-state index contributed by atoms with van der Waals surface area (Å²) in [4.78, 5) is 11.3. The molecule has 2 aromatic rings. The fourth-order valence-corrected chi connectivity index (χ4v) is 2.91. The zero-order valence-electron chi connectivity index (χ0n) is 10.8. The number of carbonyl (C=O) groups is 1. The van der Waals surface area contributed by atoms with Crippen molar-refractivity contribution in [1.82, 2.24) is 4.72 Å². The SMILES string of the molecule is O=C1COc2ccc(S(=O)(=O)NCc3ccco3)cc2N1. The molecule has 0 unspecified atom stereocenters. The first-order chi connectivity index (χ1) is 10.0. The van der Waals surface area contributed by atoms with Crippen LogP contribution in [-0.4, -0.2) is 20.9 Å². The molecule has 2 heterocycles. The number of hydrogen-bond acceptors (Lipinski definition) is 5. The molecule has 0 aliphatic carbocycles. The Morgan fingerprint density at radius 1 is 1.29 bits per heavy atom. The van der Waals surface area contributed by atoms with Gasteiger partial charge in [0.25, 0.3) is 5.91 Å². The molecule has 0 atom stereocenters. The highest BCUT2D eigenvalue weighted by Gasteiger charge is 2.20. The zero-order valence-corrected chi connectivity index (χ0v) is 11.6. The van der Waals surface area contributed by atoms with Gasteiger partial charge in [0, 0.05) is 0 Å². The topological polar surface area (TPSA) is 97.6 Å². The van der Waals surface area contributed by atoms with Gasteiger partial charge in [-0.05, 0) is 30.3 Å². The van der Waals surface area contributed by atoms with Crippen LogP contribution in [0, 0.1) is 0 Å². The number of amides is 1. The smallest absolute Gasteiger partial charge is 0.262 e. The van der Waals surface area contributed by atoms with Gasteiger partial charge in [-0.15, -0.1) is 0 Å². The first-order valence-corrected chi connectivity index (χ1v) is 7.62. The maximum absolute atomic E-state index is 12.2. The van der Waals surface area contributed by atoms with E-state index in [2.05, 4.69) is 10.0 Å². The highest BCUT2D eigenvalue weighted by Crippen LogP contribution is 2.30. The van der Waals surface area contributed by atoms with Crippen molar-refractivity contribution >= 4 is 21.6 Å². The molecule has 8 heteroatoms. The first-order valence-electron chi connectivity index (χ1n) is 6.13. The van der Waals surface area contributed by atoms with Crippen LogP contribution in [-0.2, 0) is 21.4 Å². The van der Waals surface area contributed by atoms with Gasteiger partial charge in [0.2, 0.25) is 10.0 Å². The van der Waals surface area contributed by atoms with E-state index in [4.69, 9.17) is 9.15 Å². The number of benzene rings is 1. The number of carbonyl (C=O) groups excluding carboxylic acids is 1. The quantitative estimate of drug-likeness (QED) is 0.881. The Morgan fingerprint density at radius 2 is 2.14 bits per heavy atom. The van der Waals surface area contributed by atoms with E-state index in [9.17, 15) is 13.2 Å². The molecular weight excluding hydrogens is 296 g/mol. The lowest BCUT2D eigenvalue weighted by Crippen LogP contribution is -2.27. The molecule has 0 fully saturated rings. The minimum absolute atomic E-state index is 0.0404. The third kappa shape index (κ3) is 2.91. The number of rotatable bonds is 4. The molecule has 1 aromatic carbocycles. The summed E-state index contributed by atoms with van der Waals surface area (Å²) in [5.41, 5.74) is 0.340. The van der Waals surface area contributed by atoms with E-state index in [1.54, 1.807) is 12.1 Å². The molecular formula is C13H12N2O5S. The van der Waals surface area contributed by atoms with E-state index in [1.165, 1.54) is 24.5 Å². The molecule has 2 N–H and O–H groups in total. The third-order valence-electron chi connectivity index (χ3n) is 2.91. The van der Waals surface area contributed by atoms with Crippen LogP contribution in [0.25, 0.3) is 0 Å². The summed E-state index contributed by atoms with van der Waals surface area (Å²) in [6, 6.07) is 7.63. The number of fused-ring (bicyclic) bond motifs is 1. The second-order valence-electron chi connectivity index (χ2n) is 4.40. The van der Waals surface area contributed by atoms with Crippen LogP contribution in [0.15, 0.2) is 45.9 Å². The maximum atomic E-state index is 12.2. The molecule has 0 radical (unpaired) electrons. The Hall–Kier alpha value is -2.32. The van der Waals surface area contributed by atoms with Gasteiger partial charge in [0.15, 0.2) is 6.61 Å². The van der Waals surface area contributed by atoms with Crippen LogP contribution in [0.3, 0.4) is 0 Å². The van der Waals surface area contributed by atoms with Crippen LogP contribution in [0.4, 0.5) is 5.69 Å². The van der Waals surface area contributed by atoms with Crippen molar-refractivity contribution < 1.29 is 22.4 Å². The van der Waals surface area contributed by atoms with Crippen molar-refractivity contribution in [3.63, 3.8) is 0 Å². The Morgan fingerprint density at radius 3 is 2.90 bits per heavy atom. The minimum Gasteiger partial charge on any atom is -0.482 e. The number of nitrogens with one attached hydrogen (secondary N) is 2. The lowest BCUT2D eigenvalue weighted by atomic mass is 10.2. The largest absolute Gasteiger partial charge is 0.482 e. The average molecular weight is 308 g/mol. The number of furan rings is 1. The first kappa shape index (κ1) is 13.7. The van der Waals surface area contributed by atoms with Crippen molar-refractivity contribution in [3.8, 4) is 5.75 Å². The molecule has 0 saturated carbocycles. The van der Waals surface area contributed by atoms with E-state index < -0.39 is 10.0 Å². The van der Waals surface area contributed by atoms with Gasteiger partial charge >= 0.3 is 0 Å². The lowest BCUT2D eigenvalue weighted by Gasteiger charge is -2.18. The second kappa shape index (κ2) is 5.23. The highest BCUT2D eigenvalue weighted by atomic mass is 32.2. The predicted octanol–water partition coefficient (Wildman–Crippen LogP) is 1.09. The second-order valence-corrected chi connectivity index (χ2v) is 6.17. The predicted molar refractivity (Wildman–Crippen MR) is 73.3 cm³/mol. The van der Waals surface area contributed by atoms with Crippen molar-refractivity contribution in [1.29, 1.82) is 0 Å². The fourth-order valence-electron chi connectivity index (χ4n) is 1.89. The monoisotopic (exact) mass is 308 g/mol. The Balaban J connectivity index is 1.82. The van der Waals surface area contributed by atoms with Crippen LogP contribution in [0.5, 0.6) is 5.75 Å². The number of ether oxygens (including phenoxy) is 1. The number of anilines is 1. The number of hydrogen-bond donors (Lipinski definition) is 2. The molecule has 0 spiro atoms. The average Bonchev–Trinajstić information content (AvgIpc) is 2.98. The van der Waals surface area contributed by atoms with Crippen molar-refractivity contribution in [3.05, 3.63) is 42.4 Å². The van der Waals surface area contributed by atoms with Gasteiger partial charge in [-0.2, -0.15) is 0 Å². The summed E-state index contributed by atoms with van der Waals surface area (Å²) in [5, 5.41) is 2.57. The van der Waals surface area contributed by atoms with Crippen molar-refractivity contribution in [2.24, 2.45) is 0 Å². The summed E-state index contributed by atoms with van der Waals surface area (Å²) in [5.74, 6) is 0.633. The molecule has 1 aliphatic heterocycles. The molecule has 1 aliphatic rings. The van der Waals surface area contributed by atoms with Crippen molar-refractivity contribution in [2.75, 3.05) is 11.9 Å². The van der Waals surface area contributed by atoms with Gasteiger partial charge < -0.3 is 14.5 Å². The molecule has 21 heavy (non-hydrogen) atoms. The highest BCUT2D eigenvalue weighted by molar-refractivity contribution is 7.89. The molecule has 110 valence electrons. The molecule has 1 amide bonds. The standard InChI is InChI=1S/C13H12N2O5S/c16-13-8-20-12-4-3-10(6-11(12)15-13)21(17,18)14-7-9-2-1-5-19-9/h1-6,14H,7-8H2,(H,15,16). The Labute approximate surface area is 121 Å². The van der Waals surface area contributed by atoms with E-state index in [0.717, 1.165) is 0 Å². The minimum atomic E-state index is -3.70. The summed E-state index contributed by atoms with van der Waals surface area (Å²) in [6.45, 7) is -0.0227. The van der Waals surface area contributed by atoms with Crippen LogP contribution < -0.4 is 14.8 Å². The molecule has 3 rings (SSSR count). The maximum Gasteiger partial charge on any atom is 0.262 e. The summed E-state index contributed by atoms with van der Waals surface area (Å²) in [6.07, 6.45) is 1.47. The van der Waals surface area contributed by atoms with E-state index in [1.807, 2.05) is 0 Å². The molecule has 1 aromatic heterocycles. The van der Waals surface area contributed by atoms with Crippen molar-refractivity contribution in [2.45, 2.75) is 11.4 Å². The molecule has 0 bridgehead atoms. The summed E-state index contributed by atoms with van der Waals surface area (Å²) < 4.78 is 37.0. The van der Waals surface area contributed by atoms with Gasteiger partial charge in [0.1, 0.15) is 11.5 Å². The van der Waals surface area contributed by atoms with Gasteiger partial charge in [-0.1, -0.05) is 0 Å². The number of sulfonamides is 1. The van der Waals surface area contributed by atoms with Gasteiger partial charge in [-0.3, -0.25) is 4.79 Å². The third-order valence-corrected chi connectivity index (χ3v) is 4.31. The van der Waals surface area contributed by atoms with Crippen LogP contribution >= 0.6 is 0 Å². The summed E-state index contributed by atoms with van der Waals surface area (Å²) in [7, 11) is -3.70. The zero-order chi connectivity index (χ0) is 14.9. The van der Waals surface area contributed by atoms with Gasteiger partial charge in [-0.25, -0.2) is 13.1 Å². The molecule has 0 saturated heterocycles.